The first kappa shape index (κ1) is 15.5. The smallest absolute Gasteiger partial charge is 0.233 e. The summed E-state index contributed by atoms with van der Waals surface area (Å²) >= 11 is 1.42. The summed E-state index contributed by atoms with van der Waals surface area (Å²) in [6.07, 6.45) is 3.46. The van der Waals surface area contributed by atoms with Crippen LogP contribution in [0.15, 0.2) is 29.7 Å². The summed E-state index contributed by atoms with van der Waals surface area (Å²) < 4.78 is 2.01. The number of carbonyl (C=O) groups excluding carboxylic acids is 1. The minimum Gasteiger partial charge on any atom is -0.355 e. The minimum absolute atomic E-state index is 0.0126. The monoisotopic (exact) mass is 305 g/mol. The molecule has 1 amide bonds. The summed E-state index contributed by atoms with van der Waals surface area (Å²) in [5, 5.41) is 11.8. The Morgan fingerprint density at radius 2 is 2.05 bits per heavy atom. The summed E-state index contributed by atoms with van der Waals surface area (Å²) in [5.74, 6) is 0.809. The second kappa shape index (κ2) is 7.21. The van der Waals surface area contributed by atoms with E-state index < -0.39 is 0 Å². The van der Waals surface area contributed by atoms with Gasteiger partial charge in [-0.25, -0.2) is 0 Å². The Morgan fingerprint density at radius 1 is 1.33 bits per heavy atom. The van der Waals surface area contributed by atoms with E-state index >= 15 is 0 Å². The molecule has 0 radical (unpaired) electrons. The number of pyridine rings is 1. The zero-order valence-electron chi connectivity index (χ0n) is 12.4. The number of thioether (sulfide) groups is 1. The van der Waals surface area contributed by atoms with Crippen molar-refractivity contribution in [2.24, 2.45) is 0 Å². The molecule has 6 nitrogen and oxygen atoms in total. The highest BCUT2D eigenvalue weighted by Gasteiger charge is 2.19. The van der Waals surface area contributed by atoms with Crippen LogP contribution in [0.4, 0.5) is 0 Å². The van der Waals surface area contributed by atoms with Gasteiger partial charge in [0.15, 0.2) is 11.0 Å². The molecule has 0 spiro atoms. The Labute approximate surface area is 128 Å². The minimum atomic E-state index is -0.204. The van der Waals surface area contributed by atoms with E-state index in [1.54, 1.807) is 12.4 Å². The van der Waals surface area contributed by atoms with E-state index in [0.29, 0.717) is 6.54 Å². The molecular weight excluding hydrogens is 286 g/mol. The molecule has 0 aliphatic carbocycles. The summed E-state index contributed by atoms with van der Waals surface area (Å²) in [4.78, 5) is 15.8. The van der Waals surface area contributed by atoms with E-state index in [4.69, 9.17) is 0 Å². The Balaban J connectivity index is 2.22. The van der Waals surface area contributed by atoms with Crippen molar-refractivity contribution in [3.63, 3.8) is 0 Å². The van der Waals surface area contributed by atoms with Crippen LogP contribution in [0.2, 0.25) is 0 Å². The molecule has 1 atom stereocenters. The second-order valence-electron chi connectivity index (χ2n) is 4.44. The number of hydrogen-bond acceptors (Lipinski definition) is 5. The lowest BCUT2D eigenvalue weighted by molar-refractivity contribution is -0.120. The van der Waals surface area contributed by atoms with E-state index in [9.17, 15) is 4.79 Å². The molecule has 0 fully saturated rings. The zero-order chi connectivity index (χ0) is 15.2. The molecule has 0 bridgehead atoms. The molecule has 2 aromatic rings. The molecule has 2 rings (SSSR count). The average molecular weight is 305 g/mol. The number of rotatable bonds is 6. The van der Waals surface area contributed by atoms with Crippen LogP contribution in [0.1, 0.15) is 20.8 Å². The highest BCUT2D eigenvalue weighted by Crippen LogP contribution is 2.26. The third-order valence-corrected chi connectivity index (χ3v) is 4.05. The lowest BCUT2D eigenvalue weighted by Gasteiger charge is -2.11. The zero-order valence-corrected chi connectivity index (χ0v) is 13.2. The molecule has 0 aliphatic heterocycles. The lowest BCUT2D eigenvalue weighted by Crippen LogP contribution is -2.30. The largest absolute Gasteiger partial charge is 0.355 e. The van der Waals surface area contributed by atoms with Crippen molar-refractivity contribution < 1.29 is 4.79 Å². The fourth-order valence-electron chi connectivity index (χ4n) is 1.91. The molecule has 0 aliphatic rings. The SMILES string of the molecule is CCNC(=O)[C@@H](C)Sc1nnc(-c2ccncc2)n1CC. The van der Waals surface area contributed by atoms with Crippen molar-refractivity contribution in [2.75, 3.05) is 6.54 Å². The van der Waals surface area contributed by atoms with Gasteiger partial charge in [0.2, 0.25) is 5.91 Å². The Hall–Kier alpha value is -1.89. The molecule has 1 N–H and O–H groups in total. The average Bonchev–Trinajstić information content (AvgIpc) is 2.91. The molecule has 7 heteroatoms. The third-order valence-electron chi connectivity index (χ3n) is 2.97. The van der Waals surface area contributed by atoms with Gasteiger partial charge in [-0.05, 0) is 32.9 Å². The molecule has 0 aromatic carbocycles. The van der Waals surface area contributed by atoms with Crippen molar-refractivity contribution >= 4 is 17.7 Å². The van der Waals surface area contributed by atoms with Gasteiger partial charge < -0.3 is 9.88 Å². The van der Waals surface area contributed by atoms with Gasteiger partial charge in [-0.1, -0.05) is 11.8 Å². The quantitative estimate of drug-likeness (QED) is 0.826. The normalized spacial score (nSPS) is 12.1. The van der Waals surface area contributed by atoms with E-state index in [1.807, 2.05) is 37.5 Å². The predicted octanol–water partition coefficient (Wildman–Crippen LogP) is 1.98. The second-order valence-corrected chi connectivity index (χ2v) is 5.75. The molecule has 2 aromatic heterocycles. The molecular formula is C14H19N5OS. The predicted molar refractivity (Wildman–Crippen MR) is 82.9 cm³/mol. The van der Waals surface area contributed by atoms with Crippen molar-refractivity contribution in [2.45, 2.75) is 37.7 Å². The molecule has 0 unspecified atom stereocenters. The van der Waals surface area contributed by atoms with Gasteiger partial charge in [0.05, 0.1) is 5.25 Å². The van der Waals surface area contributed by atoms with Crippen molar-refractivity contribution in [1.29, 1.82) is 0 Å². The third kappa shape index (κ3) is 3.60. The maximum Gasteiger partial charge on any atom is 0.233 e. The fraction of sp³-hybridized carbons (Fsp3) is 0.429. The van der Waals surface area contributed by atoms with Crippen molar-refractivity contribution in [3.05, 3.63) is 24.5 Å². The van der Waals surface area contributed by atoms with E-state index in [2.05, 4.69) is 20.5 Å². The van der Waals surface area contributed by atoms with Gasteiger partial charge in [-0.3, -0.25) is 9.78 Å². The van der Waals surface area contributed by atoms with Crippen LogP contribution >= 0.6 is 11.8 Å². The highest BCUT2D eigenvalue weighted by atomic mass is 32.2. The van der Waals surface area contributed by atoms with Crippen LogP contribution in [0, 0.1) is 0 Å². The van der Waals surface area contributed by atoms with Crippen LogP contribution in [0.25, 0.3) is 11.4 Å². The summed E-state index contributed by atoms with van der Waals surface area (Å²) in [5.41, 5.74) is 0.969. The van der Waals surface area contributed by atoms with Gasteiger partial charge in [-0.2, -0.15) is 0 Å². The molecule has 112 valence electrons. The summed E-state index contributed by atoms with van der Waals surface area (Å²) in [6.45, 7) is 7.19. The van der Waals surface area contributed by atoms with Crippen LogP contribution in [-0.4, -0.2) is 37.5 Å². The molecule has 0 saturated heterocycles. The first-order valence-corrected chi connectivity index (χ1v) is 7.83. The van der Waals surface area contributed by atoms with E-state index in [-0.39, 0.29) is 11.2 Å². The van der Waals surface area contributed by atoms with Gasteiger partial charge in [-0.15, -0.1) is 10.2 Å². The van der Waals surface area contributed by atoms with Crippen LogP contribution in [-0.2, 0) is 11.3 Å². The van der Waals surface area contributed by atoms with Gasteiger partial charge in [0.25, 0.3) is 0 Å². The van der Waals surface area contributed by atoms with E-state index in [0.717, 1.165) is 23.1 Å². The number of carbonyl (C=O) groups is 1. The molecule has 2 heterocycles. The van der Waals surface area contributed by atoms with Gasteiger partial charge in [0, 0.05) is 31.0 Å². The van der Waals surface area contributed by atoms with Crippen LogP contribution in [0.3, 0.4) is 0 Å². The molecule has 0 saturated carbocycles. The lowest BCUT2D eigenvalue weighted by atomic mass is 10.2. The number of nitrogens with one attached hydrogen (secondary N) is 1. The molecule has 21 heavy (non-hydrogen) atoms. The summed E-state index contributed by atoms with van der Waals surface area (Å²) in [6, 6.07) is 3.80. The van der Waals surface area contributed by atoms with E-state index in [1.165, 1.54) is 11.8 Å². The highest BCUT2D eigenvalue weighted by molar-refractivity contribution is 8.00. The Bertz CT molecular complexity index is 599. The number of amides is 1. The number of nitrogens with zero attached hydrogens (tertiary/aromatic N) is 4. The fourth-order valence-corrected chi connectivity index (χ4v) is 2.84. The first-order valence-electron chi connectivity index (χ1n) is 6.95. The Kier molecular flexibility index (Phi) is 5.32. The first-order chi connectivity index (χ1) is 10.2. The number of hydrogen-bond donors (Lipinski definition) is 1. The van der Waals surface area contributed by atoms with Crippen LogP contribution < -0.4 is 5.32 Å². The van der Waals surface area contributed by atoms with Crippen LogP contribution in [0.5, 0.6) is 0 Å². The summed E-state index contributed by atoms with van der Waals surface area (Å²) in [7, 11) is 0. The van der Waals surface area contributed by atoms with Gasteiger partial charge in [0.1, 0.15) is 0 Å². The van der Waals surface area contributed by atoms with Gasteiger partial charge >= 0.3 is 0 Å². The standard InChI is InChI=1S/C14H19N5OS/c1-4-16-13(20)10(3)21-14-18-17-12(19(14)5-2)11-6-8-15-9-7-11/h6-10H,4-5H2,1-3H3,(H,16,20)/t10-/m1/s1. The van der Waals surface area contributed by atoms with Crippen molar-refractivity contribution in [1.82, 2.24) is 25.1 Å². The topological polar surface area (TPSA) is 72.7 Å². The van der Waals surface area contributed by atoms with Crippen molar-refractivity contribution in [3.8, 4) is 11.4 Å². The maximum absolute atomic E-state index is 11.8. The Morgan fingerprint density at radius 3 is 2.67 bits per heavy atom. The maximum atomic E-state index is 11.8. The number of aromatic nitrogens is 4.